The molecule has 2 aliphatic carbocycles. The van der Waals surface area contributed by atoms with Crippen molar-refractivity contribution in [2.45, 2.75) is 24.2 Å². The molecule has 0 aromatic heterocycles. The normalized spacial score (nSPS) is 35.1. The lowest BCUT2D eigenvalue weighted by molar-refractivity contribution is -0.133. The number of Topliss-reactive ketones (excluding diaryl/α,β-unsaturated/α-hetero) is 3. The number of nitrogens with zero attached hydrogens (tertiary/aromatic N) is 1. The molecule has 2 rings (SSSR count). The van der Waals surface area contributed by atoms with Gasteiger partial charge in [-0.2, -0.15) is 0 Å². The maximum atomic E-state index is 12.1. The molecule has 0 bridgehead atoms. The van der Waals surface area contributed by atoms with E-state index in [-0.39, 0.29) is 22.8 Å². The molecule has 10 heteroatoms. The van der Waals surface area contributed by atoms with Gasteiger partial charge in [-0.25, -0.2) is 0 Å². The maximum Gasteiger partial charge on any atom is 0.226 e. The Balaban J connectivity index is 2.46. The summed E-state index contributed by atoms with van der Waals surface area (Å²) in [5.41, 5.74) is 32.9. The van der Waals surface area contributed by atoms with Crippen LogP contribution < -0.4 is 34.4 Å². The van der Waals surface area contributed by atoms with Gasteiger partial charge in [-0.05, 0) is 6.08 Å². The minimum atomic E-state index is -1.26. The fraction of sp³-hybridized carbons (Fsp3) is 0.333. The quantitative estimate of drug-likeness (QED) is 0.256. The predicted octanol–water partition coefficient (Wildman–Crippen LogP) is -4.52. The Bertz CT molecular complexity index is 664. The summed E-state index contributed by atoms with van der Waals surface area (Å²) in [5, 5.41) is 0. The lowest BCUT2D eigenvalue weighted by Crippen LogP contribution is -2.67. The molecule has 4 atom stereocenters. The van der Waals surface area contributed by atoms with E-state index in [9.17, 15) is 14.4 Å². The van der Waals surface area contributed by atoms with E-state index in [0.29, 0.717) is 0 Å². The van der Waals surface area contributed by atoms with Gasteiger partial charge in [-0.3, -0.25) is 19.4 Å². The van der Waals surface area contributed by atoms with Crippen molar-refractivity contribution in [2.75, 3.05) is 0 Å². The number of carbonyl (C=O) groups excluding carboxylic acids is 3. The van der Waals surface area contributed by atoms with Crippen molar-refractivity contribution < 1.29 is 14.4 Å². The zero-order chi connectivity index (χ0) is 16.8. The molecule has 0 aromatic rings. The van der Waals surface area contributed by atoms with Crippen LogP contribution in [0.3, 0.4) is 0 Å². The number of rotatable bonds is 1. The predicted molar refractivity (Wildman–Crippen MR) is 77.8 cm³/mol. The van der Waals surface area contributed by atoms with Crippen molar-refractivity contribution in [3.63, 3.8) is 0 Å². The van der Waals surface area contributed by atoms with Gasteiger partial charge in [0.15, 0.2) is 11.6 Å². The van der Waals surface area contributed by atoms with Gasteiger partial charge in [0, 0.05) is 0 Å². The summed E-state index contributed by atoms with van der Waals surface area (Å²) < 4.78 is 0. The lowest BCUT2D eigenvalue weighted by Gasteiger charge is -2.32. The van der Waals surface area contributed by atoms with Gasteiger partial charge in [0.2, 0.25) is 5.78 Å². The molecular formula is C12H17N7O3. The van der Waals surface area contributed by atoms with Gasteiger partial charge in [-0.1, -0.05) is 0 Å². The Morgan fingerprint density at radius 2 is 1.36 bits per heavy atom. The number of aliphatic imine (C=N–C) groups is 1. The van der Waals surface area contributed by atoms with Crippen molar-refractivity contribution in [2.24, 2.45) is 39.4 Å². The summed E-state index contributed by atoms with van der Waals surface area (Å²) in [6, 6.07) is -4.90. The summed E-state index contributed by atoms with van der Waals surface area (Å²) in [6.07, 6.45) is 1.17. The molecule has 10 nitrogen and oxygen atoms in total. The standard InChI is InChI=1S/C12H17N7O3/c13-2-1-3(4(14)5(15)10(2)20)19-9-8(18)11(21)6(16)7(17)12(9)22/h1,6-9H,13-18H2. The van der Waals surface area contributed by atoms with Crippen LogP contribution in [0.4, 0.5) is 0 Å². The molecule has 0 saturated heterocycles. The molecule has 0 spiro atoms. The third kappa shape index (κ3) is 2.28. The molecule has 22 heavy (non-hydrogen) atoms. The second-order valence-corrected chi connectivity index (χ2v) is 5.10. The Labute approximate surface area is 125 Å². The fourth-order valence-electron chi connectivity index (χ4n) is 2.21. The van der Waals surface area contributed by atoms with E-state index in [2.05, 4.69) is 4.99 Å². The van der Waals surface area contributed by atoms with E-state index in [1.54, 1.807) is 0 Å². The molecule has 1 fully saturated rings. The third-order valence-electron chi connectivity index (χ3n) is 3.65. The van der Waals surface area contributed by atoms with Crippen LogP contribution in [0.15, 0.2) is 28.2 Å². The number of nitrogens with two attached hydrogens (primary N) is 6. The first-order valence-electron chi connectivity index (χ1n) is 6.36. The van der Waals surface area contributed by atoms with E-state index >= 15 is 0 Å². The minimum absolute atomic E-state index is 0.00104. The number of carbonyl (C=O) groups is 3. The Morgan fingerprint density at radius 1 is 0.818 bits per heavy atom. The van der Waals surface area contributed by atoms with Crippen molar-refractivity contribution in [1.82, 2.24) is 0 Å². The van der Waals surface area contributed by atoms with E-state index < -0.39 is 41.5 Å². The SMILES string of the molecule is NC1=CC(=NC2C(=O)C(N)C(N)C(=O)C2N)C(N)=C(N)C1=O. The second-order valence-electron chi connectivity index (χ2n) is 5.10. The molecule has 1 saturated carbocycles. The average Bonchev–Trinajstić information content (AvgIpc) is 2.50. The van der Waals surface area contributed by atoms with Gasteiger partial charge >= 0.3 is 0 Å². The maximum absolute atomic E-state index is 12.1. The number of hydrogen-bond acceptors (Lipinski definition) is 10. The first-order valence-corrected chi connectivity index (χ1v) is 6.36. The Morgan fingerprint density at radius 3 is 1.95 bits per heavy atom. The van der Waals surface area contributed by atoms with Crippen LogP contribution >= 0.6 is 0 Å². The van der Waals surface area contributed by atoms with Gasteiger partial charge in [0.1, 0.15) is 11.7 Å². The second kappa shape index (κ2) is 5.33. The van der Waals surface area contributed by atoms with E-state index in [1.165, 1.54) is 6.08 Å². The van der Waals surface area contributed by atoms with Crippen molar-refractivity contribution in [1.29, 1.82) is 0 Å². The fourth-order valence-corrected chi connectivity index (χ4v) is 2.21. The molecule has 2 aliphatic rings. The van der Waals surface area contributed by atoms with Crippen LogP contribution in [0.5, 0.6) is 0 Å². The van der Waals surface area contributed by atoms with Gasteiger partial charge in [-0.15, -0.1) is 0 Å². The largest absolute Gasteiger partial charge is 0.395 e. The van der Waals surface area contributed by atoms with Crippen LogP contribution in [-0.4, -0.2) is 47.2 Å². The summed E-state index contributed by atoms with van der Waals surface area (Å²) in [5.74, 6) is -1.81. The van der Waals surface area contributed by atoms with E-state index in [4.69, 9.17) is 34.4 Å². The minimum Gasteiger partial charge on any atom is -0.395 e. The van der Waals surface area contributed by atoms with Crippen LogP contribution in [0.2, 0.25) is 0 Å². The highest BCUT2D eigenvalue weighted by molar-refractivity contribution is 6.24. The number of ketones is 3. The number of hydrogen-bond donors (Lipinski definition) is 6. The van der Waals surface area contributed by atoms with E-state index in [1.807, 2.05) is 0 Å². The van der Waals surface area contributed by atoms with Gasteiger partial charge in [0.25, 0.3) is 0 Å². The first kappa shape index (κ1) is 15.8. The monoisotopic (exact) mass is 307 g/mol. The van der Waals surface area contributed by atoms with Crippen LogP contribution in [0.25, 0.3) is 0 Å². The van der Waals surface area contributed by atoms with Crippen molar-refractivity contribution in [3.05, 3.63) is 23.2 Å². The van der Waals surface area contributed by atoms with Gasteiger partial charge < -0.3 is 34.4 Å². The lowest BCUT2D eigenvalue weighted by atomic mass is 9.82. The molecule has 0 amide bonds. The highest BCUT2D eigenvalue weighted by Crippen LogP contribution is 2.17. The van der Waals surface area contributed by atoms with Crippen molar-refractivity contribution in [3.8, 4) is 0 Å². The molecule has 118 valence electrons. The average molecular weight is 307 g/mol. The number of allylic oxidation sites excluding steroid dienone is 1. The Kier molecular flexibility index (Phi) is 3.83. The molecule has 12 N–H and O–H groups in total. The highest BCUT2D eigenvalue weighted by Gasteiger charge is 2.45. The molecular weight excluding hydrogens is 290 g/mol. The molecule has 0 radical (unpaired) electrons. The van der Waals surface area contributed by atoms with Crippen LogP contribution in [-0.2, 0) is 14.4 Å². The van der Waals surface area contributed by atoms with E-state index in [0.717, 1.165) is 0 Å². The zero-order valence-electron chi connectivity index (χ0n) is 11.5. The molecule has 0 aromatic carbocycles. The van der Waals surface area contributed by atoms with Crippen LogP contribution in [0, 0.1) is 0 Å². The first-order chi connectivity index (χ1) is 10.2. The van der Waals surface area contributed by atoms with Gasteiger partial charge in [0.05, 0.1) is 35.2 Å². The molecule has 0 aliphatic heterocycles. The highest BCUT2D eigenvalue weighted by atomic mass is 16.2. The topological polar surface area (TPSA) is 220 Å². The third-order valence-corrected chi connectivity index (χ3v) is 3.65. The summed E-state index contributed by atoms with van der Waals surface area (Å²) in [7, 11) is 0. The summed E-state index contributed by atoms with van der Waals surface area (Å²) in [4.78, 5) is 39.6. The Hall–Kier alpha value is -2.56. The van der Waals surface area contributed by atoms with Crippen LogP contribution in [0.1, 0.15) is 0 Å². The summed E-state index contributed by atoms with van der Waals surface area (Å²) >= 11 is 0. The molecule has 4 unspecified atom stereocenters. The summed E-state index contributed by atoms with van der Waals surface area (Å²) in [6.45, 7) is 0. The smallest absolute Gasteiger partial charge is 0.226 e. The zero-order valence-corrected chi connectivity index (χ0v) is 11.5. The molecule has 0 heterocycles. The van der Waals surface area contributed by atoms with Crippen molar-refractivity contribution >= 4 is 23.1 Å².